The van der Waals surface area contributed by atoms with E-state index < -0.39 is 0 Å². The molecular formula is C51H39N. The van der Waals surface area contributed by atoms with Gasteiger partial charge < -0.3 is 4.90 Å². The number of fused-ring (bicyclic) bond motifs is 3. The van der Waals surface area contributed by atoms with E-state index in [1.165, 1.54) is 72.4 Å². The molecule has 0 unspecified atom stereocenters. The zero-order valence-corrected chi connectivity index (χ0v) is 29.5. The van der Waals surface area contributed by atoms with E-state index in [-0.39, 0.29) is 5.41 Å². The first kappa shape index (κ1) is 31.5. The molecule has 0 aromatic heterocycles. The van der Waals surface area contributed by atoms with Crippen molar-refractivity contribution in [3.63, 3.8) is 0 Å². The van der Waals surface area contributed by atoms with Gasteiger partial charge in [0.15, 0.2) is 0 Å². The number of benzene rings is 8. The van der Waals surface area contributed by atoms with Gasteiger partial charge in [-0.2, -0.15) is 0 Å². The number of hydrogen-bond donors (Lipinski definition) is 0. The molecule has 0 atom stereocenters. The van der Waals surface area contributed by atoms with Crippen molar-refractivity contribution in [2.45, 2.75) is 19.3 Å². The van der Waals surface area contributed by atoms with Gasteiger partial charge in [-0.3, -0.25) is 0 Å². The minimum Gasteiger partial charge on any atom is -0.309 e. The van der Waals surface area contributed by atoms with Gasteiger partial charge in [-0.25, -0.2) is 0 Å². The Kier molecular flexibility index (Phi) is 7.90. The standard InChI is InChI=1S/C51H39N/c1-51(2)46-30-16-15-27-45(46)49-47(51)31-18-32-48(49)52(42-34-40(36-19-7-3-8-20-36)33-41(35-42)37-21-9-4-10-22-37)50-43(38-23-11-5-12-24-38)28-17-29-44(50)39-25-13-6-14-26-39/h3-35H,1-2H3. The molecule has 0 radical (unpaired) electrons. The zero-order chi connectivity index (χ0) is 35.1. The van der Waals surface area contributed by atoms with Gasteiger partial charge in [0.2, 0.25) is 0 Å². The number of nitrogens with zero attached hydrogens (tertiary/aromatic N) is 1. The number of anilines is 3. The van der Waals surface area contributed by atoms with E-state index >= 15 is 0 Å². The Hall–Kier alpha value is -6.44. The molecule has 52 heavy (non-hydrogen) atoms. The lowest BCUT2D eigenvalue weighted by molar-refractivity contribution is 0.660. The fourth-order valence-corrected chi connectivity index (χ4v) is 8.13. The molecule has 0 heterocycles. The molecule has 0 saturated heterocycles. The summed E-state index contributed by atoms with van der Waals surface area (Å²) in [6.45, 7) is 4.73. The molecule has 8 aromatic rings. The van der Waals surface area contributed by atoms with Gasteiger partial charge in [0.1, 0.15) is 0 Å². The van der Waals surface area contributed by atoms with Crippen LogP contribution in [0.25, 0.3) is 55.6 Å². The second kappa shape index (κ2) is 13.0. The average Bonchev–Trinajstić information content (AvgIpc) is 3.45. The Labute approximate surface area is 307 Å². The summed E-state index contributed by atoms with van der Waals surface area (Å²) in [4.78, 5) is 2.56. The van der Waals surface area contributed by atoms with E-state index in [1.807, 2.05) is 0 Å². The van der Waals surface area contributed by atoms with E-state index in [1.54, 1.807) is 0 Å². The van der Waals surface area contributed by atoms with Gasteiger partial charge in [0.05, 0.1) is 11.4 Å². The van der Waals surface area contributed by atoms with Crippen molar-refractivity contribution in [1.82, 2.24) is 0 Å². The minimum atomic E-state index is -0.143. The minimum absolute atomic E-state index is 0.143. The second-order valence-electron chi connectivity index (χ2n) is 14.1. The van der Waals surface area contributed by atoms with E-state index in [9.17, 15) is 0 Å². The normalized spacial score (nSPS) is 12.6. The van der Waals surface area contributed by atoms with Gasteiger partial charge in [-0.1, -0.05) is 190 Å². The van der Waals surface area contributed by atoms with Crippen LogP contribution in [-0.4, -0.2) is 0 Å². The molecular weight excluding hydrogens is 627 g/mol. The highest BCUT2D eigenvalue weighted by atomic mass is 15.2. The maximum absolute atomic E-state index is 2.56. The Morgan fingerprint density at radius 1 is 0.346 bits per heavy atom. The molecule has 0 spiro atoms. The summed E-state index contributed by atoms with van der Waals surface area (Å²) in [6.07, 6.45) is 0. The largest absolute Gasteiger partial charge is 0.309 e. The molecule has 0 amide bonds. The van der Waals surface area contributed by atoms with Gasteiger partial charge in [-0.05, 0) is 74.3 Å². The first-order valence-corrected chi connectivity index (χ1v) is 18.1. The van der Waals surface area contributed by atoms with Crippen molar-refractivity contribution in [3.05, 3.63) is 211 Å². The van der Waals surface area contributed by atoms with Crippen LogP contribution in [0.3, 0.4) is 0 Å². The maximum atomic E-state index is 2.56. The molecule has 248 valence electrons. The summed E-state index contributed by atoms with van der Waals surface area (Å²) in [5, 5.41) is 0. The molecule has 0 aliphatic heterocycles. The summed E-state index contributed by atoms with van der Waals surface area (Å²) < 4.78 is 0. The molecule has 1 heteroatoms. The molecule has 1 aliphatic carbocycles. The Bertz CT molecular complexity index is 2400. The zero-order valence-electron chi connectivity index (χ0n) is 29.5. The van der Waals surface area contributed by atoms with Crippen molar-refractivity contribution >= 4 is 17.1 Å². The quantitative estimate of drug-likeness (QED) is 0.164. The third kappa shape index (κ3) is 5.43. The third-order valence-electron chi connectivity index (χ3n) is 10.6. The van der Waals surface area contributed by atoms with Crippen molar-refractivity contribution in [1.29, 1.82) is 0 Å². The van der Waals surface area contributed by atoms with Crippen molar-refractivity contribution < 1.29 is 0 Å². The molecule has 0 N–H and O–H groups in total. The van der Waals surface area contributed by atoms with Gasteiger partial charge in [-0.15, -0.1) is 0 Å². The van der Waals surface area contributed by atoms with Gasteiger partial charge in [0, 0.05) is 27.8 Å². The fraction of sp³-hybridized carbons (Fsp3) is 0.0588. The molecule has 1 aliphatic rings. The highest BCUT2D eigenvalue weighted by molar-refractivity contribution is 6.03. The van der Waals surface area contributed by atoms with Crippen LogP contribution in [0.4, 0.5) is 17.1 Å². The summed E-state index contributed by atoms with van der Waals surface area (Å²) in [7, 11) is 0. The van der Waals surface area contributed by atoms with Crippen molar-refractivity contribution in [2.75, 3.05) is 4.90 Å². The van der Waals surface area contributed by atoms with E-state index in [4.69, 9.17) is 0 Å². The SMILES string of the molecule is CC1(C)c2ccccc2-c2c(N(c3cc(-c4ccccc4)cc(-c4ccccc4)c3)c3c(-c4ccccc4)cccc3-c3ccccc3)cccc21. The molecule has 0 saturated carbocycles. The number of para-hydroxylation sites is 1. The van der Waals surface area contributed by atoms with Crippen LogP contribution in [-0.2, 0) is 5.41 Å². The van der Waals surface area contributed by atoms with Crippen LogP contribution in [0, 0.1) is 0 Å². The highest BCUT2D eigenvalue weighted by Gasteiger charge is 2.38. The van der Waals surface area contributed by atoms with Crippen LogP contribution in [0.15, 0.2) is 200 Å². The predicted molar refractivity (Wildman–Crippen MR) is 220 cm³/mol. The van der Waals surface area contributed by atoms with Crippen LogP contribution >= 0.6 is 0 Å². The summed E-state index contributed by atoms with van der Waals surface area (Å²) in [5.74, 6) is 0. The number of hydrogen-bond acceptors (Lipinski definition) is 1. The second-order valence-corrected chi connectivity index (χ2v) is 14.1. The van der Waals surface area contributed by atoms with E-state index in [2.05, 4.69) is 219 Å². The first-order valence-electron chi connectivity index (χ1n) is 18.1. The van der Waals surface area contributed by atoms with Crippen molar-refractivity contribution in [2.24, 2.45) is 0 Å². The van der Waals surface area contributed by atoms with Gasteiger partial charge >= 0.3 is 0 Å². The summed E-state index contributed by atoms with van der Waals surface area (Å²) in [6, 6.07) is 73.0. The molecule has 0 fully saturated rings. The average molecular weight is 666 g/mol. The lowest BCUT2D eigenvalue weighted by Crippen LogP contribution is -2.17. The predicted octanol–water partition coefficient (Wildman–Crippen LogP) is 14.1. The molecule has 8 aromatic carbocycles. The topological polar surface area (TPSA) is 3.24 Å². The third-order valence-corrected chi connectivity index (χ3v) is 10.6. The molecule has 0 bridgehead atoms. The molecule has 1 nitrogen and oxygen atoms in total. The van der Waals surface area contributed by atoms with Crippen LogP contribution < -0.4 is 4.90 Å². The lowest BCUT2D eigenvalue weighted by Gasteiger charge is -2.33. The summed E-state index contributed by atoms with van der Waals surface area (Å²) in [5.41, 5.74) is 18.0. The van der Waals surface area contributed by atoms with E-state index in [0.29, 0.717) is 0 Å². The summed E-state index contributed by atoms with van der Waals surface area (Å²) >= 11 is 0. The Morgan fingerprint density at radius 2 is 0.769 bits per heavy atom. The maximum Gasteiger partial charge on any atom is 0.0618 e. The van der Waals surface area contributed by atoms with Gasteiger partial charge in [0.25, 0.3) is 0 Å². The van der Waals surface area contributed by atoms with Crippen LogP contribution in [0.2, 0.25) is 0 Å². The van der Waals surface area contributed by atoms with E-state index in [0.717, 1.165) is 11.4 Å². The molecule has 9 rings (SSSR count). The van der Waals surface area contributed by atoms with Crippen LogP contribution in [0.5, 0.6) is 0 Å². The lowest BCUT2D eigenvalue weighted by atomic mass is 9.82. The van der Waals surface area contributed by atoms with Crippen molar-refractivity contribution in [3.8, 4) is 55.6 Å². The Morgan fingerprint density at radius 3 is 1.31 bits per heavy atom. The Balaban J connectivity index is 1.43. The smallest absolute Gasteiger partial charge is 0.0618 e. The highest BCUT2D eigenvalue weighted by Crippen LogP contribution is 2.56. The fourth-order valence-electron chi connectivity index (χ4n) is 8.13. The van der Waals surface area contributed by atoms with Crippen LogP contribution in [0.1, 0.15) is 25.0 Å². The number of rotatable bonds is 7. The first-order chi connectivity index (χ1) is 25.6. The monoisotopic (exact) mass is 665 g/mol.